The van der Waals surface area contributed by atoms with Gasteiger partial charge in [0.1, 0.15) is 0 Å². The minimum atomic E-state index is 1.07. The maximum absolute atomic E-state index is 4.22. The second-order valence-corrected chi connectivity index (χ2v) is 1.88. The van der Waals surface area contributed by atoms with Crippen molar-refractivity contribution in [2.45, 2.75) is 33.6 Å². The van der Waals surface area contributed by atoms with E-state index in [0.29, 0.717) is 0 Å². The number of rotatable bonds is 3. The van der Waals surface area contributed by atoms with Crippen LogP contribution >= 0.6 is 0 Å². The molecule has 9 heavy (non-hydrogen) atoms. The van der Waals surface area contributed by atoms with E-state index < -0.39 is 0 Å². The van der Waals surface area contributed by atoms with Crippen molar-refractivity contribution in [1.82, 2.24) is 0 Å². The highest BCUT2D eigenvalue weighted by molar-refractivity contribution is 5.84. The number of aliphatic imine (C=N–C) groups is 1. The summed E-state index contributed by atoms with van der Waals surface area (Å²) in [4.78, 5) is 4.22. The van der Waals surface area contributed by atoms with Crippen LogP contribution in [0.25, 0.3) is 0 Å². The summed E-state index contributed by atoms with van der Waals surface area (Å²) >= 11 is 0. The molecule has 0 aromatic rings. The van der Waals surface area contributed by atoms with Crippen LogP contribution in [0, 0.1) is 0 Å². The first-order chi connectivity index (χ1) is 4.35. The van der Waals surface area contributed by atoms with Crippen LogP contribution in [0.1, 0.15) is 33.6 Å². The number of hydrogen-bond donors (Lipinski definition) is 0. The van der Waals surface area contributed by atoms with Crippen LogP contribution in [-0.2, 0) is 0 Å². The van der Waals surface area contributed by atoms with E-state index in [9.17, 15) is 0 Å². The highest BCUT2D eigenvalue weighted by atomic mass is 14.7. The Morgan fingerprint density at radius 3 is 2.22 bits per heavy atom. The van der Waals surface area contributed by atoms with Crippen molar-refractivity contribution in [3.8, 4) is 0 Å². The largest absolute Gasteiger partial charge is 0.266 e. The van der Waals surface area contributed by atoms with Gasteiger partial charge in [-0.3, -0.25) is 4.99 Å². The van der Waals surface area contributed by atoms with Gasteiger partial charge in [-0.25, -0.2) is 0 Å². The van der Waals surface area contributed by atoms with Gasteiger partial charge in [-0.2, -0.15) is 0 Å². The Morgan fingerprint density at radius 2 is 1.89 bits per heavy atom. The fourth-order valence-corrected chi connectivity index (χ4v) is 0.613. The number of allylic oxidation sites excluding steroid dienone is 1. The molecule has 0 aliphatic heterocycles. The van der Waals surface area contributed by atoms with Crippen molar-refractivity contribution < 1.29 is 0 Å². The van der Waals surface area contributed by atoms with Crippen LogP contribution in [0.15, 0.2) is 17.3 Å². The summed E-state index contributed by atoms with van der Waals surface area (Å²) in [6.45, 7) is 6.24. The van der Waals surface area contributed by atoms with Gasteiger partial charge in [0, 0.05) is 11.9 Å². The van der Waals surface area contributed by atoms with Gasteiger partial charge in [-0.1, -0.05) is 19.9 Å². The van der Waals surface area contributed by atoms with Crippen molar-refractivity contribution in [2.24, 2.45) is 4.99 Å². The van der Waals surface area contributed by atoms with Gasteiger partial charge in [0.05, 0.1) is 0 Å². The lowest BCUT2D eigenvalue weighted by atomic mass is 10.2. The Hall–Kier alpha value is -0.590. The molecular formula is C8H15N. The molecule has 0 saturated heterocycles. The second-order valence-electron chi connectivity index (χ2n) is 1.88. The van der Waals surface area contributed by atoms with Crippen LogP contribution in [0.2, 0.25) is 0 Å². The smallest absolute Gasteiger partial charge is 0.0224 e. The summed E-state index contributed by atoms with van der Waals surface area (Å²) in [5.74, 6) is 0. The van der Waals surface area contributed by atoms with Crippen LogP contribution in [0.5, 0.6) is 0 Å². The highest BCUT2D eigenvalue weighted by Gasteiger charge is 1.86. The van der Waals surface area contributed by atoms with E-state index >= 15 is 0 Å². The van der Waals surface area contributed by atoms with Crippen molar-refractivity contribution in [3.05, 3.63) is 12.3 Å². The van der Waals surface area contributed by atoms with Gasteiger partial charge in [0.15, 0.2) is 0 Å². The van der Waals surface area contributed by atoms with Gasteiger partial charge >= 0.3 is 0 Å². The van der Waals surface area contributed by atoms with Gasteiger partial charge in [0.2, 0.25) is 0 Å². The van der Waals surface area contributed by atoms with Crippen molar-refractivity contribution in [2.75, 3.05) is 0 Å². The van der Waals surface area contributed by atoms with Gasteiger partial charge < -0.3 is 0 Å². The van der Waals surface area contributed by atoms with Crippen LogP contribution in [-0.4, -0.2) is 5.71 Å². The van der Waals surface area contributed by atoms with E-state index in [1.54, 1.807) is 0 Å². The summed E-state index contributed by atoms with van der Waals surface area (Å²) in [7, 11) is 0. The summed E-state index contributed by atoms with van der Waals surface area (Å²) in [6.07, 6.45) is 5.94. The second kappa shape index (κ2) is 5.54. The molecule has 0 fully saturated rings. The Bertz CT molecular complexity index is 106. The first kappa shape index (κ1) is 8.41. The third kappa shape index (κ3) is 3.95. The molecule has 0 aliphatic carbocycles. The molecular weight excluding hydrogens is 110 g/mol. The Morgan fingerprint density at radius 1 is 1.33 bits per heavy atom. The topological polar surface area (TPSA) is 12.4 Å². The van der Waals surface area contributed by atoms with E-state index in [1.165, 1.54) is 5.71 Å². The lowest BCUT2D eigenvalue weighted by molar-refractivity contribution is 1.15. The Labute approximate surface area is 57.5 Å². The fourth-order valence-electron chi connectivity index (χ4n) is 0.613. The van der Waals surface area contributed by atoms with E-state index in [-0.39, 0.29) is 0 Å². The van der Waals surface area contributed by atoms with Crippen molar-refractivity contribution >= 4 is 5.71 Å². The zero-order valence-electron chi connectivity index (χ0n) is 6.52. The zero-order chi connectivity index (χ0) is 7.11. The minimum absolute atomic E-state index is 1.07. The van der Waals surface area contributed by atoms with E-state index in [2.05, 4.69) is 18.8 Å². The molecule has 0 radical (unpaired) electrons. The highest BCUT2D eigenvalue weighted by Crippen LogP contribution is 1.91. The molecule has 0 amide bonds. The molecule has 0 spiro atoms. The Kier molecular flexibility index (Phi) is 5.18. The fraction of sp³-hybridized carbons (Fsp3) is 0.625. The van der Waals surface area contributed by atoms with Crippen LogP contribution in [0.3, 0.4) is 0 Å². The minimum Gasteiger partial charge on any atom is -0.266 e. The number of nitrogens with zero attached hydrogens (tertiary/aromatic N) is 1. The standard InChI is InChI=1S/C8H15N/c1-4-7-9-8(5-2)6-3/h4,7H,5-6H2,1-3H3/b7-4-. The first-order valence-electron chi connectivity index (χ1n) is 3.51. The third-order valence-electron chi connectivity index (χ3n) is 1.22. The summed E-state index contributed by atoms with van der Waals surface area (Å²) in [6, 6.07) is 0. The molecule has 1 heteroatoms. The molecule has 0 aromatic carbocycles. The normalized spacial score (nSPS) is 10.1. The first-order valence-corrected chi connectivity index (χ1v) is 3.51. The maximum atomic E-state index is 4.22. The molecule has 52 valence electrons. The zero-order valence-corrected chi connectivity index (χ0v) is 6.52. The monoisotopic (exact) mass is 125 g/mol. The molecule has 1 nitrogen and oxygen atoms in total. The lowest BCUT2D eigenvalue weighted by Gasteiger charge is -1.93. The molecule has 0 rings (SSSR count). The quantitative estimate of drug-likeness (QED) is 0.514. The molecule has 0 aromatic heterocycles. The maximum Gasteiger partial charge on any atom is 0.0224 e. The van der Waals surface area contributed by atoms with Gasteiger partial charge in [-0.05, 0) is 19.8 Å². The van der Waals surface area contributed by atoms with Gasteiger partial charge in [0.25, 0.3) is 0 Å². The van der Waals surface area contributed by atoms with E-state index in [0.717, 1.165) is 12.8 Å². The van der Waals surface area contributed by atoms with Crippen LogP contribution in [0.4, 0.5) is 0 Å². The molecule has 0 atom stereocenters. The number of hydrogen-bond acceptors (Lipinski definition) is 1. The van der Waals surface area contributed by atoms with E-state index in [1.807, 2.05) is 19.2 Å². The molecule has 0 bridgehead atoms. The van der Waals surface area contributed by atoms with Gasteiger partial charge in [-0.15, -0.1) is 0 Å². The van der Waals surface area contributed by atoms with E-state index in [4.69, 9.17) is 0 Å². The SMILES string of the molecule is C/C=C\N=C(CC)CC. The predicted molar refractivity (Wildman–Crippen MR) is 42.8 cm³/mol. The molecule has 0 N–H and O–H groups in total. The van der Waals surface area contributed by atoms with Crippen molar-refractivity contribution in [1.29, 1.82) is 0 Å². The molecule has 0 aliphatic rings. The lowest BCUT2D eigenvalue weighted by Crippen LogP contribution is -1.90. The average molecular weight is 125 g/mol. The molecule has 0 unspecified atom stereocenters. The molecule has 0 heterocycles. The Balaban J connectivity index is 3.75. The summed E-state index contributed by atoms with van der Waals surface area (Å²) < 4.78 is 0. The average Bonchev–Trinajstić information content (AvgIpc) is 1.91. The predicted octanol–water partition coefficient (Wildman–Crippen LogP) is 2.78. The molecule has 0 saturated carbocycles. The third-order valence-corrected chi connectivity index (χ3v) is 1.22. The van der Waals surface area contributed by atoms with Crippen molar-refractivity contribution in [3.63, 3.8) is 0 Å². The summed E-state index contributed by atoms with van der Waals surface area (Å²) in [5.41, 5.74) is 1.27. The summed E-state index contributed by atoms with van der Waals surface area (Å²) in [5, 5.41) is 0. The van der Waals surface area contributed by atoms with Crippen LogP contribution < -0.4 is 0 Å².